The molecule has 1 aromatic heterocycles. The molecule has 0 spiro atoms. The number of nitrogens with two attached hydrogens (primary N) is 1. The van der Waals surface area contributed by atoms with E-state index in [0.717, 1.165) is 27.6 Å². The van der Waals surface area contributed by atoms with Gasteiger partial charge < -0.3 is 5.73 Å². The Kier molecular flexibility index (Phi) is 4.67. The van der Waals surface area contributed by atoms with Gasteiger partial charge in [-0.25, -0.2) is 4.98 Å². The summed E-state index contributed by atoms with van der Waals surface area (Å²) < 4.78 is 0. The highest BCUT2D eigenvalue weighted by molar-refractivity contribution is 6.31. The first-order chi connectivity index (χ1) is 11.1. The first-order valence-electron chi connectivity index (χ1n) is 8.11. The number of aliphatic imine (C=N–C) groups is 1. The summed E-state index contributed by atoms with van der Waals surface area (Å²) in [5, 5.41) is 0.855. The van der Waals surface area contributed by atoms with Crippen molar-refractivity contribution in [3.05, 3.63) is 46.6 Å². The molecule has 3 nitrogen and oxygen atoms in total. The van der Waals surface area contributed by atoms with Gasteiger partial charge in [0, 0.05) is 35.6 Å². The lowest BCUT2D eigenvalue weighted by Crippen LogP contribution is -1.97. The number of hydrogen-bond donors (Lipinski definition) is 1. The van der Waals surface area contributed by atoms with Crippen LogP contribution in [-0.2, 0) is 0 Å². The molecule has 2 aromatic rings. The van der Waals surface area contributed by atoms with Crippen LogP contribution in [0.1, 0.15) is 43.2 Å². The Hall–Kier alpha value is -1.87. The van der Waals surface area contributed by atoms with Crippen LogP contribution >= 0.6 is 11.6 Å². The largest absolute Gasteiger partial charge is 0.383 e. The van der Waals surface area contributed by atoms with E-state index in [-0.39, 0.29) is 0 Å². The van der Waals surface area contributed by atoms with Crippen molar-refractivity contribution in [2.75, 3.05) is 12.8 Å². The molecule has 0 saturated heterocycles. The summed E-state index contributed by atoms with van der Waals surface area (Å²) in [4.78, 5) is 8.27. The molecule has 120 valence electrons. The maximum absolute atomic E-state index is 6.54. The van der Waals surface area contributed by atoms with Crippen molar-refractivity contribution >= 4 is 23.6 Å². The fraction of sp³-hybridized carbons (Fsp3) is 0.368. The normalized spacial score (nSPS) is 20.1. The van der Waals surface area contributed by atoms with Crippen LogP contribution in [0.4, 0.5) is 5.82 Å². The molecule has 0 radical (unpaired) electrons. The lowest BCUT2D eigenvalue weighted by molar-refractivity contribution is 0.687. The Morgan fingerprint density at radius 3 is 2.87 bits per heavy atom. The van der Waals surface area contributed by atoms with Crippen molar-refractivity contribution < 1.29 is 0 Å². The molecule has 1 fully saturated rings. The highest BCUT2D eigenvalue weighted by Crippen LogP contribution is 2.52. The Labute approximate surface area is 142 Å². The van der Waals surface area contributed by atoms with Crippen molar-refractivity contribution in [3.63, 3.8) is 0 Å². The lowest BCUT2D eigenvalue weighted by Gasteiger charge is -2.09. The molecule has 1 aliphatic carbocycles. The van der Waals surface area contributed by atoms with E-state index in [1.165, 1.54) is 24.8 Å². The standard InChI is InChI=1S/C19H22ClN3/c1-3-4-13-8-17(13)16-6-5-12(9-18(16)20)14-7-15(10-22-2)19(21)23-11-14/h5-7,9-11,13,17H,3-4,8H2,1-2H3,(H2,21,23)/t13-,17?/m1/s1. The third-order valence-electron chi connectivity index (χ3n) is 4.53. The smallest absolute Gasteiger partial charge is 0.132 e. The summed E-state index contributed by atoms with van der Waals surface area (Å²) in [5.41, 5.74) is 10.0. The molecule has 1 unspecified atom stereocenters. The van der Waals surface area contributed by atoms with E-state index in [4.69, 9.17) is 17.3 Å². The van der Waals surface area contributed by atoms with Gasteiger partial charge in [-0.05, 0) is 41.5 Å². The molecule has 1 saturated carbocycles. The lowest BCUT2D eigenvalue weighted by atomic mass is 10.0. The van der Waals surface area contributed by atoms with E-state index in [1.54, 1.807) is 19.5 Å². The molecule has 23 heavy (non-hydrogen) atoms. The fourth-order valence-corrected chi connectivity index (χ4v) is 3.54. The van der Waals surface area contributed by atoms with Gasteiger partial charge in [0.2, 0.25) is 0 Å². The van der Waals surface area contributed by atoms with Crippen molar-refractivity contribution in [3.8, 4) is 11.1 Å². The number of rotatable bonds is 5. The average molecular weight is 328 g/mol. The number of hydrogen-bond acceptors (Lipinski definition) is 3. The van der Waals surface area contributed by atoms with Gasteiger partial charge in [0.05, 0.1) is 0 Å². The highest BCUT2D eigenvalue weighted by atomic mass is 35.5. The summed E-state index contributed by atoms with van der Waals surface area (Å²) in [7, 11) is 1.72. The van der Waals surface area contributed by atoms with Gasteiger partial charge in [-0.2, -0.15) is 0 Å². The molecule has 2 N–H and O–H groups in total. The Bertz CT molecular complexity index is 739. The summed E-state index contributed by atoms with van der Waals surface area (Å²) in [6.07, 6.45) is 7.32. The zero-order chi connectivity index (χ0) is 16.4. The zero-order valence-corrected chi connectivity index (χ0v) is 14.3. The van der Waals surface area contributed by atoms with Crippen LogP contribution in [0, 0.1) is 5.92 Å². The number of nitrogen functional groups attached to an aromatic ring is 1. The second kappa shape index (κ2) is 6.71. The number of benzene rings is 1. The maximum atomic E-state index is 6.54. The van der Waals surface area contributed by atoms with Crippen LogP contribution in [0.5, 0.6) is 0 Å². The van der Waals surface area contributed by atoms with Crippen LogP contribution in [-0.4, -0.2) is 18.2 Å². The van der Waals surface area contributed by atoms with Gasteiger partial charge >= 0.3 is 0 Å². The van der Waals surface area contributed by atoms with Gasteiger partial charge in [-0.1, -0.05) is 43.5 Å². The van der Waals surface area contributed by atoms with Crippen LogP contribution in [0.15, 0.2) is 35.5 Å². The van der Waals surface area contributed by atoms with E-state index in [9.17, 15) is 0 Å². The summed E-state index contributed by atoms with van der Waals surface area (Å²) in [6.45, 7) is 2.24. The SMILES string of the molecule is CCC[C@@H]1CC1c1ccc(-c2cnc(N)c(C=NC)c2)cc1Cl. The van der Waals surface area contributed by atoms with Gasteiger partial charge in [-0.15, -0.1) is 0 Å². The van der Waals surface area contributed by atoms with Gasteiger partial charge in [0.1, 0.15) is 5.82 Å². The summed E-state index contributed by atoms with van der Waals surface area (Å²) in [5.74, 6) is 1.94. The quantitative estimate of drug-likeness (QED) is 0.791. The number of pyridine rings is 1. The van der Waals surface area contributed by atoms with E-state index in [1.807, 2.05) is 12.1 Å². The molecule has 2 atom stereocenters. The molecule has 0 bridgehead atoms. The van der Waals surface area contributed by atoms with Crippen molar-refractivity contribution in [1.29, 1.82) is 0 Å². The monoisotopic (exact) mass is 327 g/mol. The third-order valence-corrected chi connectivity index (χ3v) is 4.86. The Morgan fingerprint density at radius 1 is 1.35 bits per heavy atom. The Morgan fingerprint density at radius 2 is 2.17 bits per heavy atom. The molecule has 4 heteroatoms. The van der Waals surface area contributed by atoms with Crippen LogP contribution in [0.3, 0.4) is 0 Å². The first-order valence-corrected chi connectivity index (χ1v) is 8.49. The molecule has 0 amide bonds. The minimum atomic E-state index is 0.488. The minimum Gasteiger partial charge on any atom is -0.383 e. The number of nitrogens with zero attached hydrogens (tertiary/aromatic N) is 2. The Balaban J connectivity index is 1.87. The predicted octanol–water partition coefficient (Wildman–Crippen LogP) is 4.94. The van der Waals surface area contributed by atoms with Gasteiger partial charge in [0.15, 0.2) is 0 Å². The number of halogens is 1. The van der Waals surface area contributed by atoms with E-state index >= 15 is 0 Å². The highest BCUT2D eigenvalue weighted by Gasteiger charge is 2.38. The second-order valence-corrected chi connectivity index (χ2v) is 6.62. The van der Waals surface area contributed by atoms with E-state index in [0.29, 0.717) is 11.7 Å². The van der Waals surface area contributed by atoms with E-state index < -0.39 is 0 Å². The van der Waals surface area contributed by atoms with Crippen LogP contribution in [0.2, 0.25) is 5.02 Å². The topological polar surface area (TPSA) is 51.3 Å². The molecule has 1 aromatic carbocycles. The molecule has 1 aliphatic rings. The van der Waals surface area contributed by atoms with Gasteiger partial charge in [-0.3, -0.25) is 4.99 Å². The first kappa shape index (κ1) is 16.0. The zero-order valence-electron chi connectivity index (χ0n) is 13.6. The molecule has 0 aliphatic heterocycles. The third kappa shape index (κ3) is 3.40. The molecule has 1 heterocycles. The number of anilines is 1. The maximum Gasteiger partial charge on any atom is 0.132 e. The molecule has 3 rings (SSSR count). The van der Waals surface area contributed by atoms with Crippen molar-refractivity contribution in [1.82, 2.24) is 4.98 Å². The van der Waals surface area contributed by atoms with Crippen LogP contribution < -0.4 is 5.73 Å². The molecular formula is C19H22ClN3. The second-order valence-electron chi connectivity index (χ2n) is 6.21. The summed E-state index contributed by atoms with van der Waals surface area (Å²) in [6, 6.07) is 8.33. The van der Waals surface area contributed by atoms with Gasteiger partial charge in [0.25, 0.3) is 0 Å². The fourth-order valence-electron chi connectivity index (χ4n) is 3.22. The summed E-state index contributed by atoms with van der Waals surface area (Å²) >= 11 is 6.54. The average Bonchev–Trinajstić information content (AvgIpc) is 3.29. The number of aromatic nitrogens is 1. The predicted molar refractivity (Wildman–Crippen MR) is 98.4 cm³/mol. The van der Waals surface area contributed by atoms with Crippen molar-refractivity contribution in [2.45, 2.75) is 32.1 Å². The van der Waals surface area contributed by atoms with Crippen molar-refractivity contribution in [2.24, 2.45) is 10.9 Å². The van der Waals surface area contributed by atoms with E-state index in [2.05, 4.69) is 29.0 Å². The minimum absolute atomic E-state index is 0.488. The van der Waals surface area contributed by atoms with Crippen LogP contribution in [0.25, 0.3) is 11.1 Å². The molecular weight excluding hydrogens is 306 g/mol.